The average molecular weight is 228 g/mol. The fourth-order valence-electron chi connectivity index (χ4n) is 1.67. The molecule has 0 aliphatic heterocycles. The molecule has 0 spiro atoms. The van der Waals surface area contributed by atoms with E-state index in [1.54, 1.807) is 18.6 Å². The molecule has 0 aliphatic rings. The minimum atomic E-state index is -0.402. The van der Waals surface area contributed by atoms with Crippen LogP contribution in [0.5, 0.6) is 0 Å². The Morgan fingerprint density at radius 1 is 1.29 bits per heavy atom. The molecule has 7 heteroatoms. The number of nitrogens with two attached hydrogens (primary N) is 1. The van der Waals surface area contributed by atoms with Gasteiger partial charge in [-0.1, -0.05) is 0 Å². The lowest BCUT2D eigenvalue weighted by Crippen LogP contribution is -2.14. The zero-order valence-corrected chi connectivity index (χ0v) is 8.66. The lowest BCUT2D eigenvalue weighted by atomic mass is 10.1. The minimum absolute atomic E-state index is 0.108. The molecule has 0 saturated carbocycles. The summed E-state index contributed by atoms with van der Waals surface area (Å²) in [7, 11) is 0. The van der Waals surface area contributed by atoms with Crippen molar-refractivity contribution in [2.75, 3.05) is 5.73 Å². The Hall–Kier alpha value is -2.70. The van der Waals surface area contributed by atoms with Crippen LogP contribution in [0, 0.1) is 0 Å². The first kappa shape index (κ1) is 9.52. The predicted octanol–water partition coefficient (Wildman–Crippen LogP) is 0.0618. The van der Waals surface area contributed by atoms with Crippen LogP contribution in [0.3, 0.4) is 0 Å². The third kappa shape index (κ3) is 1.36. The number of aromatic nitrogens is 5. The van der Waals surface area contributed by atoms with E-state index in [9.17, 15) is 4.79 Å². The number of hydrogen-bond donors (Lipinski definition) is 2. The molecule has 3 aromatic rings. The van der Waals surface area contributed by atoms with Gasteiger partial charge < -0.3 is 5.73 Å². The van der Waals surface area contributed by atoms with Crippen LogP contribution in [0.2, 0.25) is 0 Å². The van der Waals surface area contributed by atoms with Crippen LogP contribution in [-0.2, 0) is 0 Å². The summed E-state index contributed by atoms with van der Waals surface area (Å²) in [5.74, 6) is 0.108. The Labute approximate surface area is 95.0 Å². The van der Waals surface area contributed by atoms with Gasteiger partial charge >= 0.3 is 5.69 Å². The third-order valence-corrected chi connectivity index (χ3v) is 2.46. The third-order valence-electron chi connectivity index (χ3n) is 2.46. The summed E-state index contributed by atoms with van der Waals surface area (Å²) in [6.07, 6.45) is 4.90. The van der Waals surface area contributed by atoms with Crippen molar-refractivity contribution >= 4 is 11.6 Å². The highest BCUT2D eigenvalue weighted by Crippen LogP contribution is 2.21. The number of hydrogen-bond acceptors (Lipinski definition) is 5. The molecule has 0 unspecified atom stereocenters. The summed E-state index contributed by atoms with van der Waals surface area (Å²) in [6.45, 7) is 0. The van der Waals surface area contributed by atoms with Gasteiger partial charge in [-0.15, -0.1) is 0 Å². The molecule has 3 heterocycles. The van der Waals surface area contributed by atoms with Crippen molar-refractivity contribution in [3.05, 3.63) is 41.2 Å². The Morgan fingerprint density at radius 2 is 2.06 bits per heavy atom. The first-order valence-electron chi connectivity index (χ1n) is 4.89. The van der Waals surface area contributed by atoms with Gasteiger partial charge in [0.05, 0.1) is 0 Å². The molecule has 3 rings (SSSR count). The van der Waals surface area contributed by atoms with Crippen LogP contribution in [0.4, 0.5) is 5.95 Å². The molecule has 17 heavy (non-hydrogen) atoms. The normalized spacial score (nSPS) is 10.8. The highest BCUT2D eigenvalue weighted by molar-refractivity contribution is 5.76. The molecule has 3 aromatic heterocycles. The van der Waals surface area contributed by atoms with E-state index in [-0.39, 0.29) is 5.95 Å². The zero-order chi connectivity index (χ0) is 11.8. The largest absolute Gasteiger partial charge is 0.369 e. The molecule has 0 aromatic carbocycles. The summed E-state index contributed by atoms with van der Waals surface area (Å²) in [4.78, 5) is 19.4. The van der Waals surface area contributed by atoms with Crippen molar-refractivity contribution in [1.82, 2.24) is 24.6 Å². The molecule has 84 valence electrons. The molecule has 0 radical (unpaired) electrons. The number of rotatable bonds is 1. The van der Waals surface area contributed by atoms with E-state index in [1.165, 1.54) is 4.40 Å². The van der Waals surface area contributed by atoms with Crippen LogP contribution in [-0.4, -0.2) is 24.6 Å². The van der Waals surface area contributed by atoms with Crippen LogP contribution in [0.25, 0.3) is 16.8 Å². The fourth-order valence-corrected chi connectivity index (χ4v) is 1.67. The second-order valence-corrected chi connectivity index (χ2v) is 3.45. The minimum Gasteiger partial charge on any atom is -0.369 e. The smallest absolute Gasteiger partial charge is 0.350 e. The Balaban J connectivity index is 2.40. The molecule has 0 bridgehead atoms. The van der Waals surface area contributed by atoms with Gasteiger partial charge in [0.1, 0.15) is 0 Å². The summed E-state index contributed by atoms with van der Waals surface area (Å²) < 4.78 is 1.23. The van der Waals surface area contributed by atoms with E-state index in [2.05, 4.69) is 20.2 Å². The number of nitrogens with one attached hydrogen (secondary N) is 1. The van der Waals surface area contributed by atoms with Crippen LogP contribution in [0.1, 0.15) is 0 Å². The molecule has 0 saturated heterocycles. The van der Waals surface area contributed by atoms with Gasteiger partial charge in [-0.3, -0.25) is 4.98 Å². The first-order valence-corrected chi connectivity index (χ1v) is 4.89. The van der Waals surface area contributed by atoms with E-state index in [4.69, 9.17) is 5.73 Å². The van der Waals surface area contributed by atoms with E-state index in [1.807, 2.05) is 12.1 Å². The highest BCUT2D eigenvalue weighted by Gasteiger charge is 2.11. The van der Waals surface area contributed by atoms with E-state index in [0.29, 0.717) is 5.65 Å². The number of nitrogen functional groups attached to an aromatic ring is 1. The Kier molecular flexibility index (Phi) is 1.91. The summed E-state index contributed by atoms with van der Waals surface area (Å²) >= 11 is 0. The van der Waals surface area contributed by atoms with Gasteiger partial charge in [0.25, 0.3) is 0 Å². The van der Waals surface area contributed by atoms with Gasteiger partial charge in [-0.05, 0) is 17.7 Å². The van der Waals surface area contributed by atoms with Gasteiger partial charge in [-0.25, -0.2) is 19.3 Å². The second kappa shape index (κ2) is 3.41. The average Bonchev–Trinajstić information content (AvgIpc) is 2.74. The van der Waals surface area contributed by atoms with Crippen molar-refractivity contribution in [3.63, 3.8) is 0 Å². The highest BCUT2D eigenvalue weighted by atomic mass is 16.1. The Morgan fingerprint density at radius 3 is 2.82 bits per heavy atom. The van der Waals surface area contributed by atoms with E-state index in [0.717, 1.165) is 11.1 Å². The predicted molar refractivity (Wildman–Crippen MR) is 61.3 cm³/mol. The monoisotopic (exact) mass is 228 g/mol. The quantitative estimate of drug-likeness (QED) is 0.613. The number of aromatic amines is 1. The number of anilines is 1. The number of pyridine rings is 1. The molecular weight excluding hydrogens is 220 g/mol. The summed E-state index contributed by atoms with van der Waals surface area (Å²) in [5, 5.41) is 6.29. The second-order valence-electron chi connectivity index (χ2n) is 3.45. The maximum atomic E-state index is 11.5. The SMILES string of the molecule is Nc1ncc(-c2ccncc2)c2n[nH]c(=O)n12. The topological polar surface area (TPSA) is 102 Å². The van der Waals surface area contributed by atoms with Gasteiger partial charge in [0.15, 0.2) is 5.65 Å². The maximum Gasteiger partial charge on any atom is 0.350 e. The van der Waals surface area contributed by atoms with Crippen molar-refractivity contribution in [2.45, 2.75) is 0 Å². The van der Waals surface area contributed by atoms with Crippen LogP contribution in [0.15, 0.2) is 35.5 Å². The van der Waals surface area contributed by atoms with Crippen molar-refractivity contribution < 1.29 is 0 Å². The van der Waals surface area contributed by atoms with Gasteiger partial charge in [0, 0.05) is 24.2 Å². The van der Waals surface area contributed by atoms with Crippen LogP contribution >= 0.6 is 0 Å². The molecule has 7 nitrogen and oxygen atoms in total. The fraction of sp³-hybridized carbons (Fsp3) is 0. The van der Waals surface area contributed by atoms with Crippen molar-refractivity contribution in [3.8, 4) is 11.1 Å². The van der Waals surface area contributed by atoms with E-state index < -0.39 is 5.69 Å². The molecule has 0 atom stereocenters. The number of nitrogens with zero attached hydrogens (tertiary/aromatic N) is 4. The molecule has 0 amide bonds. The van der Waals surface area contributed by atoms with Crippen LogP contribution < -0.4 is 11.4 Å². The summed E-state index contributed by atoms with van der Waals surface area (Å²) in [5.41, 5.74) is 7.27. The lowest BCUT2D eigenvalue weighted by molar-refractivity contribution is 1.01. The van der Waals surface area contributed by atoms with E-state index >= 15 is 0 Å². The maximum absolute atomic E-state index is 11.5. The molecule has 0 aliphatic carbocycles. The van der Waals surface area contributed by atoms with Gasteiger partial charge in [-0.2, -0.15) is 5.10 Å². The standard InChI is InChI=1S/C10H8N6O/c11-9-13-5-7(6-1-3-12-4-2-6)8-14-15-10(17)16(8)9/h1-5H,(H2,11,13)(H,15,17). The molecule has 3 N–H and O–H groups in total. The zero-order valence-electron chi connectivity index (χ0n) is 8.66. The summed E-state index contributed by atoms with van der Waals surface area (Å²) in [6, 6.07) is 3.62. The number of H-pyrrole nitrogens is 1. The molecule has 0 fully saturated rings. The first-order chi connectivity index (χ1) is 8.27. The molecular formula is C10H8N6O. The van der Waals surface area contributed by atoms with Crippen molar-refractivity contribution in [1.29, 1.82) is 0 Å². The lowest BCUT2D eigenvalue weighted by Gasteiger charge is -2.03. The van der Waals surface area contributed by atoms with Crippen molar-refractivity contribution in [2.24, 2.45) is 0 Å². The van der Waals surface area contributed by atoms with Gasteiger partial charge in [0.2, 0.25) is 5.95 Å². The Bertz CT molecular complexity index is 729. The number of fused-ring (bicyclic) bond motifs is 1.